The fraction of sp³-hybridized carbons (Fsp3) is 0.105. The Hall–Kier alpha value is -2.81. The van der Waals surface area contributed by atoms with E-state index in [2.05, 4.69) is 52.8 Å². The van der Waals surface area contributed by atoms with Crippen molar-refractivity contribution >= 4 is 22.4 Å². The second-order valence-corrected chi connectivity index (χ2v) is 5.19. The molecule has 3 aromatic rings. The van der Waals surface area contributed by atoms with Crippen LogP contribution in [0.2, 0.25) is 0 Å². The summed E-state index contributed by atoms with van der Waals surface area (Å²) in [5, 5.41) is 5.61. The minimum absolute atomic E-state index is 0.451. The van der Waals surface area contributed by atoms with E-state index in [9.17, 15) is 0 Å². The van der Waals surface area contributed by atoms with Gasteiger partial charge in [-0.2, -0.15) is 0 Å². The number of benzene rings is 3. The van der Waals surface area contributed by atoms with Gasteiger partial charge >= 0.3 is 0 Å². The van der Waals surface area contributed by atoms with E-state index in [4.69, 9.17) is 5.73 Å². The minimum Gasteiger partial charge on any atom is -0.370 e. The summed E-state index contributed by atoms with van der Waals surface area (Å²) in [5.41, 5.74) is 8.13. The van der Waals surface area contributed by atoms with Crippen LogP contribution in [0.4, 0.5) is 5.69 Å². The minimum atomic E-state index is 0.451. The first-order valence-corrected chi connectivity index (χ1v) is 7.41. The summed E-state index contributed by atoms with van der Waals surface area (Å²) in [7, 11) is 0. The molecule has 0 bridgehead atoms. The van der Waals surface area contributed by atoms with Crippen LogP contribution in [-0.2, 0) is 6.42 Å². The third-order valence-corrected chi connectivity index (χ3v) is 3.54. The van der Waals surface area contributed by atoms with Crippen LogP contribution in [0.3, 0.4) is 0 Å². The van der Waals surface area contributed by atoms with Crippen molar-refractivity contribution in [1.82, 2.24) is 0 Å². The van der Waals surface area contributed by atoms with Gasteiger partial charge in [0, 0.05) is 12.2 Å². The molecule has 0 aromatic heterocycles. The summed E-state index contributed by atoms with van der Waals surface area (Å²) < 4.78 is 0. The highest BCUT2D eigenvalue weighted by molar-refractivity contribution is 5.92. The molecule has 0 heterocycles. The zero-order valence-corrected chi connectivity index (χ0v) is 12.4. The average molecular weight is 289 g/mol. The number of rotatable bonds is 4. The molecule has 3 N–H and O–H groups in total. The van der Waals surface area contributed by atoms with Crippen LogP contribution in [0, 0.1) is 0 Å². The number of nitrogens with two attached hydrogens (primary N) is 1. The van der Waals surface area contributed by atoms with Gasteiger partial charge in [-0.05, 0) is 34.9 Å². The number of hydrogen-bond acceptors (Lipinski definition) is 1. The van der Waals surface area contributed by atoms with E-state index in [1.54, 1.807) is 0 Å². The van der Waals surface area contributed by atoms with Gasteiger partial charge in [0.05, 0.1) is 0 Å². The number of para-hydroxylation sites is 1. The number of nitrogens with zero attached hydrogens (tertiary/aromatic N) is 1. The van der Waals surface area contributed by atoms with Crippen LogP contribution in [0.5, 0.6) is 0 Å². The Balaban J connectivity index is 1.60. The van der Waals surface area contributed by atoms with E-state index in [0.717, 1.165) is 12.1 Å². The average Bonchev–Trinajstić information content (AvgIpc) is 2.55. The number of fused-ring (bicyclic) bond motifs is 1. The second-order valence-electron chi connectivity index (χ2n) is 5.19. The van der Waals surface area contributed by atoms with Crippen molar-refractivity contribution in [3.8, 4) is 0 Å². The Morgan fingerprint density at radius 3 is 2.41 bits per heavy atom. The van der Waals surface area contributed by atoms with Gasteiger partial charge in [0.2, 0.25) is 0 Å². The van der Waals surface area contributed by atoms with Gasteiger partial charge in [0.1, 0.15) is 0 Å². The van der Waals surface area contributed by atoms with Crippen LogP contribution in [0.25, 0.3) is 10.8 Å². The maximum Gasteiger partial charge on any atom is 0.193 e. The zero-order chi connectivity index (χ0) is 15.2. The lowest BCUT2D eigenvalue weighted by Gasteiger charge is -2.05. The van der Waals surface area contributed by atoms with Crippen molar-refractivity contribution < 1.29 is 0 Å². The number of anilines is 1. The number of guanidine groups is 1. The van der Waals surface area contributed by atoms with Gasteiger partial charge in [-0.15, -0.1) is 0 Å². The lowest BCUT2D eigenvalue weighted by Crippen LogP contribution is -2.23. The first-order chi connectivity index (χ1) is 10.8. The van der Waals surface area contributed by atoms with Crippen molar-refractivity contribution in [3.63, 3.8) is 0 Å². The van der Waals surface area contributed by atoms with Crippen LogP contribution in [0.15, 0.2) is 77.8 Å². The normalized spacial score (nSPS) is 11.5. The van der Waals surface area contributed by atoms with Gasteiger partial charge in [0.25, 0.3) is 0 Å². The number of nitrogens with one attached hydrogen (secondary N) is 1. The van der Waals surface area contributed by atoms with Gasteiger partial charge in [0.15, 0.2) is 5.96 Å². The molecule has 0 spiro atoms. The van der Waals surface area contributed by atoms with Crippen molar-refractivity contribution in [1.29, 1.82) is 0 Å². The summed E-state index contributed by atoms with van der Waals surface area (Å²) in [6.07, 6.45) is 0.877. The van der Waals surface area contributed by atoms with Crippen LogP contribution >= 0.6 is 0 Å². The van der Waals surface area contributed by atoms with E-state index < -0.39 is 0 Å². The molecule has 3 nitrogen and oxygen atoms in total. The Morgan fingerprint density at radius 2 is 1.59 bits per heavy atom. The van der Waals surface area contributed by atoms with Gasteiger partial charge in [-0.3, -0.25) is 4.99 Å². The molecule has 3 aromatic carbocycles. The Morgan fingerprint density at radius 1 is 0.864 bits per heavy atom. The van der Waals surface area contributed by atoms with E-state index in [-0.39, 0.29) is 0 Å². The molecule has 0 aliphatic carbocycles. The van der Waals surface area contributed by atoms with E-state index in [1.807, 2.05) is 30.3 Å². The SMILES string of the molecule is NC(=NCCc1ccc2ccccc2c1)Nc1ccccc1. The van der Waals surface area contributed by atoms with Crippen molar-refractivity contribution in [2.24, 2.45) is 10.7 Å². The zero-order valence-electron chi connectivity index (χ0n) is 12.4. The van der Waals surface area contributed by atoms with Crippen LogP contribution < -0.4 is 11.1 Å². The quantitative estimate of drug-likeness (QED) is 0.567. The molecule has 110 valence electrons. The Labute approximate surface area is 130 Å². The van der Waals surface area contributed by atoms with Crippen molar-refractivity contribution in [3.05, 3.63) is 78.4 Å². The van der Waals surface area contributed by atoms with Gasteiger partial charge in [-0.25, -0.2) is 0 Å². The summed E-state index contributed by atoms with van der Waals surface area (Å²) in [6, 6.07) is 24.7. The molecule has 0 saturated heterocycles. The fourth-order valence-electron chi connectivity index (χ4n) is 2.41. The molecule has 3 heteroatoms. The molecule has 22 heavy (non-hydrogen) atoms. The third kappa shape index (κ3) is 3.64. The molecule has 0 aliphatic rings. The number of hydrogen-bond donors (Lipinski definition) is 2. The molecule has 0 fully saturated rings. The number of aliphatic imine (C=N–C) groups is 1. The summed E-state index contributed by atoms with van der Waals surface area (Å²) in [6.45, 7) is 0.671. The molecule has 0 aliphatic heterocycles. The molecule has 0 unspecified atom stereocenters. The molecule has 0 radical (unpaired) electrons. The molecule has 0 atom stereocenters. The Bertz CT molecular complexity index is 779. The molecule has 0 amide bonds. The van der Waals surface area contributed by atoms with E-state index >= 15 is 0 Å². The summed E-state index contributed by atoms with van der Waals surface area (Å²) in [5.74, 6) is 0.451. The molecular formula is C19H19N3. The predicted octanol–water partition coefficient (Wildman–Crippen LogP) is 3.81. The lowest BCUT2D eigenvalue weighted by molar-refractivity contribution is 0.966. The largest absolute Gasteiger partial charge is 0.370 e. The standard InChI is InChI=1S/C19H19N3/c20-19(22-18-8-2-1-3-9-18)21-13-12-15-10-11-16-6-4-5-7-17(16)14-15/h1-11,14H,12-13H2,(H3,20,21,22). The highest BCUT2D eigenvalue weighted by Gasteiger charge is 1.97. The van der Waals surface area contributed by atoms with Crippen molar-refractivity contribution in [2.75, 3.05) is 11.9 Å². The highest BCUT2D eigenvalue weighted by atomic mass is 15.1. The fourth-order valence-corrected chi connectivity index (χ4v) is 2.41. The van der Waals surface area contributed by atoms with E-state index in [0.29, 0.717) is 12.5 Å². The second kappa shape index (κ2) is 6.76. The van der Waals surface area contributed by atoms with Gasteiger partial charge in [-0.1, -0.05) is 60.7 Å². The van der Waals surface area contributed by atoms with Gasteiger partial charge < -0.3 is 11.1 Å². The predicted molar refractivity (Wildman–Crippen MR) is 94.2 cm³/mol. The maximum atomic E-state index is 5.90. The van der Waals surface area contributed by atoms with Crippen molar-refractivity contribution in [2.45, 2.75) is 6.42 Å². The molecule has 3 rings (SSSR count). The van der Waals surface area contributed by atoms with Crippen LogP contribution in [0.1, 0.15) is 5.56 Å². The monoisotopic (exact) mass is 289 g/mol. The summed E-state index contributed by atoms with van der Waals surface area (Å²) >= 11 is 0. The topological polar surface area (TPSA) is 50.4 Å². The molecular weight excluding hydrogens is 270 g/mol. The first-order valence-electron chi connectivity index (χ1n) is 7.41. The third-order valence-electron chi connectivity index (χ3n) is 3.54. The van der Waals surface area contributed by atoms with E-state index in [1.165, 1.54) is 16.3 Å². The molecule has 0 saturated carbocycles. The first kappa shape index (κ1) is 14.1. The smallest absolute Gasteiger partial charge is 0.193 e. The lowest BCUT2D eigenvalue weighted by atomic mass is 10.1. The summed E-state index contributed by atoms with van der Waals surface area (Å²) in [4.78, 5) is 4.38. The maximum absolute atomic E-state index is 5.90. The van der Waals surface area contributed by atoms with Crippen LogP contribution in [-0.4, -0.2) is 12.5 Å². The Kier molecular flexibility index (Phi) is 4.35. The highest BCUT2D eigenvalue weighted by Crippen LogP contribution is 2.15.